The van der Waals surface area contributed by atoms with Crippen molar-refractivity contribution in [3.63, 3.8) is 0 Å². The number of aryl methyl sites for hydroxylation is 2. The van der Waals surface area contributed by atoms with Crippen molar-refractivity contribution in [2.24, 2.45) is 11.0 Å². The molecule has 0 saturated heterocycles. The van der Waals surface area contributed by atoms with Gasteiger partial charge in [0.25, 0.3) is 0 Å². The summed E-state index contributed by atoms with van der Waals surface area (Å²) in [5, 5.41) is 9.85. The molecule has 1 aliphatic rings. The van der Waals surface area contributed by atoms with Crippen molar-refractivity contribution in [2.45, 2.75) is 71.3 Å². The van der Waals surface area contributed by atoms with Gasteiger partial charge >= 0.3 is 0 Å². The number of hydrogen-bond acceptors (Lipinski definition) is 3. The van der Waals surface area contributed by atoms with Crippen LogP contribution in [0.15, 0.2) is 60.2 Å². The van der Waals surface area contributed by atoms with E-state index in [4.69, 9.17) is 5.10 Å². The van der Waals surface area contributed by atoms with E-state index in [1.54, 1.807) is 0 Å². The highest BCUT2D eigenvalue weighted by molar-refractivity contribution is 6.08. The van der Waals surface area contributed by atoms with Crippen LogP contribution in [0.2, 0.25) is 0 Å². The predicted octanol–water partition coefficient (Wildman–Crippen LogP) is 7.09. The average Bonchev–Trinajstić information content (AvgIpc) is 3.30. The summed E-state index contributed by atoms with van der Waals surface area (Å²) >= 11 is 0. The van der Waals surface area contributed by atoms with Gasteiger partial charge in [-0.3, -0.25) is 5.43 Å². The van der Waals surface area contributed by atoms with Crippen LogP contribution in [0, 0.1) is 19.8 Å². The SMILES string of the molecule is C=C(N/N=C(/c1cc(C)ccc1C)C(C)(CCC1CCCCC1)NC)c1cc2ccccc2[nH]1. The van der Waals surface area contributed by atoms with E-state index in [0.717, 1.165) is 35.0 Å². The molecule has 1 saturated carbocycles. The molecule has 1 unspecified atom stereocenters. The van der Waals surface area contributed by atoms with E-state index >= 15 is 0 Å². The summed E-state index contributed by atoms with van der Waals surface area (Å²) in [5.74, 6) is 0.829. The van der Waals surface area contributed by atoms with Crippen LogP contribution in [-0.2, 0) is 0 Å². The third kappa shape index (κ3) is 5.44. The summed E-state index contributed by atoms with van der Waals surface area (Å²) in [5.41, 5.74) is 10.6. The molecule has 180 valence electrons. The second-order valence-corrected chi connectivity index (χ2v) is 10.3. The van der Waals surface area contributed by atoms with Crippen LogP contribution in [0.5, 0.6) is 0 Å². The Kier molecular flexibility index (Phi) is 7.57. The van der Waals surface area contributed by atoms with E-state index in [1.807, 2.05) is 6.07 Å². The summed E-state index contributed by atoms with van der Waals surface area (Å²) in [6.45, 7) is 10.9. The van der Waals surface area contributed by atoms with E-state index in [1.165, 1.54) is 60.6 Å². The third-order valence-electron chi connectivity index (χ3n) is 7.66. The Morgan fingerprint density at radius 1 is 1.09 bits per heavy atom. The number of nitrogens with one attached hydrogen (secondary N) is 3. The molecule has 3 aromatic rings. The lowest BCUT2D eigenvalue weighted by Crippen LogP contribution is -2.49. The molecule has 34 heavy (non-hydrogen) atoms. The predicted molar refractivity (Wildman–Crippen MR) is 146 cm³/mol. The van der Waals surface area contributed by atoms with Crippen molar-refractivity contribution in [1.82, 2.24) is 15.7 Å². The Bertz CT molecular complexity index is 1130. The molecule has 2 aromatic carbocycles. The molecule has 0 amide bonds. The first-order valence-corrected chi connectivity index (χ1v) is 12.8. The molecule has 0 spiro atoms. The third-order valence-corrected chi connectivity index (χ3v) is 7.66. The van der Waals surface area contributed by atoms with Crippen LogP contribution >= 0.6 is 0 Å². The number of hydrogen-bond donors (Lipinski definition) is 3. The minimum absolute atomic E-state index is 0.246. The first-order chi connectivity index (χ1) is 16.4. The molecule has 1 fully saturated rings. The van der Waals surface area contributed by atoms with Gasteiger partial charge in [0.05, 0.1) is 22.6 Å². The number of para-hydroxylation sites is 1. The summed E-state index contributed by atoms with van der Waals surface area (Å²) in [6.07, 6.45) is 9.17. The maximum absolute atomic E-state index is 5.03. The number of likely N-dealkylation sites (N-methyl/N-ethyl adjacent to an activating group) is 1. The first-order valence-electron chi connectivity index (χ1n) is 12.8. The van der Waals surface area contributed by atoms with Crippen LogP contribution in [0.4, 0.5) is 0 Å². The quantitative estimate of drug-likeness (QED) is 0.238. The van der Waals surface area contributed by atoms with E-state index in [0.29, 0.717) is 0 Å². The molecule has 3 N–H and O–H groups in total. The molecular formula is C30H40N4. The van der Waals surface area contributed by atoms with Gasteiger partial charge in [0, 0.05) is 16.5 Å². The minimum atomic E-state index is -0.246. The van der Waals surface area contributed by atoms with E-state index in [2.05, 4.69) is 92.6 Å². The van der Waals surface area contributed by atoms with Gasteiger partial charge in [-0.05, 0) is 70.3 Å². The standard InChI is InChI=1S/C30H40N4/c1-21-15-16-22(2)26(19-21)29(30(4,31-5)18-17-24-11-7-6-8-12-24)34-33-23(3)28-20-25-13-9-10-14-27(25)32-28/h9-10,13-16,19-20,24,31-33H,3,6-8,11-12,17-18H2,1-2,4-5H3/b34-29-. The Balaban J connectivity index is 1.64. The minimum Gasteiger partial charge on any atom is -0.353 e. The van der Waals surface area contributed by atoms with Gasteiger partial charge in [-0.1, -0.05) is 74.6 Å². The van der Waals surface area contributed by atoms with Crippen LogP contribution in [0.25, 0.3) is 16.6 Å². The summed E-state index contributed by atoms with van der Waals surface area (Å²) in [6, 6.07) is 17.0. The van der Waals surface area contributed by atoms with Crippen molar-refractivity contribution >= 4 is 22.3 Å². The zero-order chi connectivity index (χ0) is 24.1. The molecule has 1 atom stereocenters. The molecular weight excluding hydrogens is 416 g/mol. The molecule has 0 bridgehead atoms. The molecule has 1 heterocycles. The summed E-state index contributed by atoms with van der Waals surface area (Å²) < 4.78 is 0. The number of benzene rings is 2. The van der Waals surface area contributed by atoms with Crippen molar-refractivity contribution < 1.29 is 0 Å². The fourth-order valence-electron chi connectivity index (χ4n) is 5.22. The number of aromatic amines is 1. The molecule has 1 aromatic heterocycles. The van der Waals surface area contributed by atoms with Gasteiger partial charge in [-0.2, -0.15) is 5.10 Å². The van der Waals surface area contributed by atoms with Crippen LogP contribution in [0.3, 0.4) is 0 Å². The molecule has 0 aliphatic heterocycles. The van der Waals surface area contributed by atoms with E-state index in [9.17, 15) is 0 Å². The average molecular weight is 457 g/mol. The summed E-state index contributed by atoms with van der Waals surface area (Å²) in [4.78, 5) is 3.45. The Morgan fingerprint density at radius 2 is 1.85 bits per heavy atom. The van der Waals surface area contributed by atoms with Crippen molar-refractivity contribution in [1.29, 1.82) is 0 Å². The summed E-state index contributed by atoms with van der Waals surface area (Å²) in [7, 11) is 2.06. The van der Waals surface area contributed by atoms with Gasteiger partial charge in [0.2, 0.25) is 0 Å². The molecule has 4 nitrogen and oxygen atoms in total. The van der Waals surface area contributed by atoms with E-state index < -0.39 is 0 Å². The maximum Gasteiger partial charge on any atom is 0.0879 e. The fraction of sp³-hybridized carbons (Fsp3) is 0.433. The Morgan fingerprint density at radius 3 is 2.59 bits per heavy atom. The van der Waals surface area contributed by atoms with Crippen molar-refractivity contribution in [3.8, 4) is 0 Å². The van der Waals surface area contributed by atoms with Gasteiger partial charge in [-0.15, -0.1) is 0 Å². The lowest BCUT2D eigenvalue weighted by molar-refractivity contribution is 0.306. The smallest absolute Gasteiger partial charge is 0.0879 e. The largest absolute Gasteiger partial charge is 0.353 e. The zero-order valence-corrected chi connectivity index (χ0v) is 21.3. The molecule has 0 radical (unpaired) electrons. The fourth-order valence-corrected chi connectivity index (χ4v) is 5.22. The number of nitrogens with zero attached hydrogens (tertiary/aromatic N) is 1. The number of aromatic nitrogens is 1. The molecule has 4 heteroatoms. The number of hydrazone groups is 1. The highest BCUT2D eigenvalue weighted by Crippen LogP contribution is 2.31. The first kappa shape index (κ1) is 24.3. The lowest BCUT2D eigenvalue weighted by Gasteiger charge is -2.34. The number of rotatable bonds is 9. The highest BCUT2D eigenvalue weighted by atomic mass is 15.3. The second-order valence-electron chi connectivity index (χ2n) is 10.3. The van der Waals surface area contributed by atoms with Gasteiger partial charge < -0.3 is 10.3 Å². The number of H-pyrrole nitrogens is 1. The monoisotopic (exact) mass is 456 g/mol. The van der Waals surface area contributed by atoms with Crippen molar-refractivity contribution in [3.05, 3.63) is 77.5 Å². The van der Waals surface area contributed by atoms with Gasteiger partial charge in [0.15, 0.2) is 0 Å². The van der Waals surface area contributed by atoms with Gasteiger partial charge in [-0.25, -0.2) is 0 Å². The zero-order valence-electron chi connectivity index (χ0n) is 21.3. The normalized spacial score (nSPS) is 17.0. The topological polar surface area (TPSA) is 52.2 Å². The van der Waals surface area contributed by atoms with Crippen LogP contribution < -0.4 is 10.7 Å². The van der Waals surface area contributed by atoms with Crippen molar-refractivity contribution in [2.75, 3.05) is 7.05 Å². The van der Waals surface area contributed by atoms with Crippen LogP contribution in [-0.4, -0.2) is 23.3 Å². The Hall–Kier alpha value is -2.85. The second kappa shape index (κ2) is 10.6. The maximum atomic E-state index is 5.03. The Labute approximate surface area is 204 Å². The van der Waals surface area contributed by atoms with E-state index in [-0.39, 0.29) is 5.54 Å². The lowest BCUT2D eigenvalue weighted by atomic mass is 9.79. The van der Waals surface area contributed by atoms with Crippen LogP contribution in [0.1, 0.15) is 74.3 Å². The molecule has 4 rings (SSSR count). The highest BCUT2D eigenvalue weighted by Gasteiger charge is 2.32. The molecule has 1 aliphatic carbocycles. The van der Waals surface area contributed by atoms with Gasteiger partial charge in [0.1, 0.15) is 0 Å². The number of fused-ring (bicyclic) bond motifs is 1.